The zero-order valence-corrected chi connectivity index (χ0v) is 14.7. The first kappa shape index (κ1) is 16.7. The maximum atomic E-state index is 12.9. The molecule has 0 unspecified atom stereocenters. The van der Waals surface area contributed by atoms with Crippen molar-refractivity contribution >= 4 is 11.4 Å². The van der Waals surface area contributed by atoms with Gasteiger partial charge in [0.2, 0.25) is 0 Å². The summed E-state index contributed by atoms with van der Waals surface area (Å²) in [5.74, 6) is 0. The van der Waals surface area contributed by atoms with E-state index in [-0.39, 0.29) is 0 Å². The van der Waals surface area contributed by atoms with Crippen molar-refractivity contribution < 1.29 is 4.86 Å². The molecule has 0 N–H and O–H groups in total. The second-order valence-corrected chi connectivity index (χ2v) is 6.14. The third kappa shape index (κ3) is 3.62. The van der Waals surface area contributed by atoms with E-state index in [1.807, 2.05) is 103 Å². The Morgan fingerprint density at radius 1 is 0.519 bits per heavy atom. The molecule has 3 nitrogen and oxygen atoms in total. The van der Waals surface area contributed by atoms with Gasteiger partial charge in [-0.25, -0.2) is 0 Å². The lowest BCUT2D eigenvalue weighted by Gasteiger charge is -2.08. The Morgan fingerprint density at radius 3 is 1.67 bits per heavy atom. The largest absolute Gasteiger partial charge is 0.594 e. The Morgan fingerprint density at radius 2 is 1.00 bits per heavy atom. The SMILES string of the molecule is [O-][N+](=Nc1ccccc1-c1ccccc1)c1ccccc1-c1ccccc1. The van der Waals surface area contributed by atoms with Crippen LogP contribution in [0, 0.1) is 5.21 Å². The van der Waals surface area contributed by atoms with Crippen molar-refractivity contribution in [2.45, 2.75) is 0 Å². The summed E-state index contributed by atoms with van der Waals surface area (Å²) in [4.78, 5) is 0.712. The number of rotatable bonds is 4. The first-order valence-corrected chi connectivity index (χ1v) is 8.81. The van der Waals surface area contributed by atoms with Crippen molar-refractivity contribution in [3.8, 4) is 22.3 Å². The van der Waals surface area contributed by atoms with Crippen molar-refractivity contribution in [2.75, 3.05) is 0 Å². The van der Waals surface area contributed by atoms with Gasteiger partial charge >= 0.3 is 0 Å². The van der Waals surface area contributed by atoms with Crippen LogP contribution in [0.15, 0.2) is 114 Å². The van der Waals surface area contributed by atoms with Gasteiger partial charge in [-0.15, -0.1) is 0 Å². The quantitative estimate of drug-likeness (QED) is 0.223. The standard InChI is InChI=1S/C24H18N2O/c27-26(24-18-10-8-16-22(24)20-13-5-2-6-14-20)25-23-17-9-7-15-21(23)19-11-3-1-4-12-19/h1-18H. The first-order chi connectivity index (χ1) is 13.3. The summed E-state index contributed by atoms with van der Waals surface area (Å²) in [6, 6.07) is 35.0. The van der Waals surface area contributed by atoms with Gasteiger partial charge in [-0.1, -0.05) is 91.0 Å². The lowest BCUT2D eigenvalue weighted by Crippen LogP contribution is -1.94. The van der Waals surface area contributed by atoms with Gasteiger partial charge in [0.05, 0.1) is 5.56 Å². The molecule has 0 saturated heterocycles. The molecular formula is C24H18N2O. The highest BCUT2D eigenvalue weighted by Gasteiger charge is 2.14. The summed E-state index contributed by atoms with van der Waals surface area (Å²) < 4.78 is 0. The molecule has 4 aromatic rings. The van der Waals surface area contributed by atoms with Gasteiger partial charge < -0.3 is 5.21 Å². The van der Waals surface area contributed by atoms with Crippen molar-refractivity contribution in [2.24, 2.45) is 5.11 Å². The zero-order valence-electron chi connectivity index (χ0n) is 14.7. The van der Waals surface area contributed by atoms with Crippen LogP contribution in [0.2, 0.25) is 0 Å². The van der Waals surface area contributed by atoms with Crippen LogP contribution in [0.25, 0.3) is 22.3 Å². The van der Waals surface area contributed by atoms with Gasteiger partial charge in [0.25, 0.3) is 5.69 Å². The lowest BCUT2D eigenvalue weighted by atomic mass is 10.0. The van der Waals surface area contributed by atoms with Gasteiger partial charge in [0.1, 0.15) is 5.69 Å². The van der Waals surface area contributed by atoms with E-state index < -0.39 is 0 Å². The first-order valence-electron chi connectivity index (χ1n) is 8.81. The fourth-order valence-electron chi connectivity index (χ4n) is 3.08. The van der Waals surface area contributed by atoms with Crippen molar-refractivity contribution in [3.63, 3.8) is 0 Å². The summed E-state index contributed by atoms with van der Waals surface area (Å²) in [6.07, 6.45) is 0. The van der Waals surface area contributed by atoms with Gasteiger partial charge in [0.15, 0.2) is 0 Å². The summed E-state index contributed by atoms with van der Waals surface area (Å²) in [6.45, 7) is 0. The molecule has 0 bridgehead atoms. The normalized spacial score (nSPS) is 11.3. The molecule has 4 aromatic carbocycles. The fourth-order valence-corrected chi connectivity index (χ4v) is 3.08. The molecule has 0 spiro atoms. The van der Waals surface area contributed by atoms with Gasteiger partial charge in [0, 0.05) is 16.7 Å². The summed E-state index contributed by atoms with van der Waals surface area (Å²) in [5.41, 5.74) is 4.96. The van der Waals surface area contributed by atoms with E-state index in [0.717, 1.165) is 22.3 Å². The molecule has 4 rings (SSSR count). The van der Waals surface area contributed by atoms with Crippen molar-refractivity contribution in [1.29, 1.82) is 0 Å². The number of hydrogen-bond donors (Lipinski definition) is 0. The van der Waals surface area contributed by atoms with Crippen LogP contribution >= 0.6 is 0 Å². The van der Waals surface area contributed by atoms with E-state index in [2.05, 4.69) is 5.11 Å². The average molecular weight is 350 g/mol. The predicted octanol–water partition coefficient (Wildman–Crippen LogP) is 6.95. The van der Waals surface area contributed by atoms with Gasteiger partial charge in [-0.3, -0.25) is 0 Å². The number of hydrogen-bond acceptors (Lipinski definition) is 2. The zero-order chi connectivity index (χ0) is 18.5. The molecule has 0 aromatic heterocycles. The highest BCUT2D eigenvalue weighted by molar-refractivity contribution is 5.76. The molecule has 0 atom stereocenters. The highest BCUT2D eigenvalue weighted by Crippen LogP contribution is 2.33. The Hall–Kier alpha value is -3.72. The minimum atomic E-state index is 0.520. The molecule has 27 heavy (non-hydrogen) atoms. The van der Waals surface area contributed by atoms with Crippen LogP contribution in [-0.2, 0) is 0 Å². The van der Waals surface area contributed by atoms with E-state index in [9.17, 15) is 5.21 Å². The number of para-hydroxylation sites is 1. The van der Waals surface area contributed by atoms with Crippen molar-refractivity contribution in [3.05, 3.63) is 114 Å². The number of benzene rings is 4. The maximum Gasteiger partial charge on any atom is 0.252 e. The molecule has 0 fully saturated rings. The van der Waals surface area contributed by atoms with E-state index in [4.69, 9.17) is 0 Å². The fraction of sp³-hybridized carbons (Fsp3) is 0. The molecule has 0 aliphatic rings. The van der Waals surface area contributed by atoms with E-state index >= 15 is 0 Å². The summed E-state index contributed by atoms with van der Waals surface area (Å²) in [7, 11) is 0. The topological polar surface area (TPSA) is 38.4 Å². The van der Waals surface area contributed by atoms with Gasteiger partial charge in [-0.2, -0.15) is 0 Å². The summed E-state index contributed by atoms with van der Waals surface area (Å²) >= 11 is 0. The van der Waals surface area contributed by atoms with Crippen LogP contribution in [0.4, 0.5) is 11.4 Å². The second kappa shape index (κ2) is 7.67. The monoisotopic (exact) mass is 350 g/mol. The van der Waals surface area contributed by atoms with Crippen LogP contribution in [0.3, 0.4) is 0 Å². The third-order valence-electron chi connectivity index (χ3n) is 4.38. The Kier molecular flexibility index (Phi) is 4.75. The Balaban J connectivity index is 1.80. The number of azo groups is 1. The van der Waals surface area contributed by atoms with Gasteiger partial charge in [-0.05, 0) is 28.1 Å². The molecule has 3 heteroatoms. The molecule has 0 radical (unpaired) electrons. The lowest BCUT2D eigenvalue weighted by molar-refractivity contribution is -0.434. The summed E-state index contributed by atoms with van der Waals surface area (Å²) in [5, 5.41) is 17.3. The Bertz CT molecular complexity index is 1070. The smallest absolute Gasteiger partial charge is 0.252 e. The predicted molar refractivity (Wildman–Crippen MR) is 109 cm³/mol. The van der Waals surface area contributed by atoms with Crippen LogP contribution in [0.1, 0.15) is 0 Å². The second-order valence-electron chi connectivity index (χ2n) is 6.14. The minimum Gasteiger partial charge on any atom is -0.594 e. The molecule has 0 saturated carbocycles. The van der Waals surface area contributed by atoms with E-state index in [1.54, 1.807) is 6.07 Å². The maximum absolute atomic E-state index is 12.9. The Labute approximate surface area is 158 Å². The minimum absolute atomic E-state index is 0.520. The molecular weight excluding hydrogens is 332 g/mol. The van der Waals surface area contributed by atoms with E-state index in [0.29, 0.717) is 16.2 Å². The van der Waals surface area contributed by atoms with E-state index in [1.165, 1.54) is 0 Å². The molecule has 0 amide bonds. The van der Waals surface area contributed by atoms with Crippen LogP contribution in [0.5, 0.6) is 0 Å². The average Bonchev–Trinajstić information content (AvgIpc) is 2.75. The van der Waals surface area contributed by atoms with Crippen LogP contribution in [-0.4, -0.2) is 4.86 Å². The third-order valence-corrected chi connectivity index (χ3v) is 4.38. The molecule has 0 aliphatic heterocycles. The number of nitrogens with zero attached hydrogens (tertiary/aromatic N) is 2. The molecule has 0 aliphatic carbocycles. The highest BCUT2D eigenvalue weighted by atomic mass is 16.5. The molecule has 0 heterocycles. The van der Waals surface area contributed by atoms with Crippen LogP contribution < -0.4 is 0 Å². The molecule has 130 valence electrons. The van der Waals surface area contributed by atoms with Crippen molar-refractivity contribution in [1.82, 2.24) is 0 Å².